The molecule has 0 aliphatic carbocycles. The van der Waals surface area contributed by atoms with Crippen molar-refractivity contribution in [3.63, 3.8) is 0 Å². The first-order chi connectivity index (χ1) is 8.58. The standard InChI is InChI=1S/C14H22N2O2/c1-5-16(10-9-14(17)18-6-2)13-8-7-11(3)12(4)15-13/h7-8H,5-6,9-10H2,1-4H3. The molecule has 0 unspecified atom stereocenters. The van der Waals surface area contributed by atoms with E-state index in [1.54, 1.807) is 0 Å². The summed E-state index contributed by atoms with van der Waals surface area (Å²) in [5, 5.41) is 0. The smallest absolute Gasteiger partial charge is 0.307 e. The molecule has 0 fully saturated rings. The number of aromatic nitrogens is 1. The highest BCUT2D eigenvalue weighted by Crippen LogP contribution is 2.14. The highest BCUT2D eigenvalue weighted by molar-refractivity contribution is 5.70. The zero-order chi connectivity index (χ0) is 13.5. The second-order valence-electron chi connectivity index (χ2n) is 4.21. The number of pyridine rings is 1. The minimum atomic E-state index is -0.153. The van der Waals surface area contributed by atoms with E-state index in [-0.39, 0.29) is 5.97 Å². The van der Waals surface area contributed by atoms with Gasteiger partial charge in [-0.3, -0.25) is 4.79 Å². The third-order valence-electron chi connectivity index (χ3n) is 2.93. The summed E-state index contributed by atoms with van der Waals surface area (Å²) in [7, 11) is 0. The predicted octanol–water partition coefficient (Wildman–Crippen LogP) is 2.48. The van der Waals surface area contributed by atoms with Crippen LogP contribution in [0.4, 0.5) is 5.82 Å². The maximum absolute atomic E-state index is 11.3. The van der Waals surface area contributed by atoms with Gasteiger partial charge >= 0.3 is 5.97 Å². The Morgan fingerprint density at radius 3 is 2.61 bits per heavy atom. The van der Waals surface area contributed by atoms with E-state index in [0.29, 0.717) is 19.6 Å². The quantitative estimate of drug-likeness (QED) is 0.727. The fraction of sp³-hybridized carbons (Fsp3) is 0.571. The fourth-order valence-corrected chi connectivity index (χ4v) is 1.69. The van der Waals surface area contributed by atoms with Gasteiger partial charge in [0.05, 0.1) is 13.0 Å². The van der Waals surface area contributed by atoms with E-state index in [2.05, 4.69) is 22.9 Å². The van der Waals surface area contributed by atoms with Gasteiger partial charge in [0.1, 0.15) is 5.82 Å². The highest BCUT2D eigenvalue weighted by Gasteiger charge is 2.10. The Morgan fingerprint density at radius 1 is 1.33 bits per heavy atom. The fourth-order valence-electron chi connectivity index (χ4n) is 1.69. The van der Waals surface area contributed by atoms with Gasteiger partial charge in [0.25, 0.3) is 0 Å². The topological polar surface area (TPSA) is 42.4 Å². The molecule has 0 atom stereocenters. The predicted molar refractivity (Wildman–Crippen MR) is 72.8 cm³/mol. The number of carbonyl (C=O) groups excluding carboxylic acids is 1. The Morgan fingerprint density at radius 2 is 2.06 bits per heavy atom. The first-order valence-corrected chi connectivity index (χ1v) is 6.43. The molecule has 0 spiro atoms. The van der Waals surface area contributed by atoms with Crippen LogP contribution in [0.3, 0.4) is 0 Å². The molecule has 0 bridgehead atoms. The van der Waals surface area contributed by atoms with Crippen molar-refractivity contribution in [2.45, 2.75) is 34.1 Å². The molecule has 1 rings (SSSR count). The number of carbonyl (C=O) groups is 1. The SMILES string of the molecule is CCOC(=O)CCN(CC)c1ccc(C)c(C)n1. The summed E-state index contributed by atoms with van der Waals surface area (Å²) in [5.41, 5.74) is 2.21. The van der Waals surface area contributed by atoms with Crippen molar-refractivity contribution in [3.05, 3.63) is 23.4 Å². The number of hydrogen-bond donors (Lipinski definition) is 0. The maximum Gasteiger partial charge on any atom is 0.307 e. The van der Waals surface area contributed by atoms with Gasteiger partial charge in [0, 0.05) is 18.8 Å². The third-order valence-corrected chi connectivity index (χ3v) is 2.93. The van der Waals surface area contributed by atoms with E-state index in [9.17, 15) is 4.79 Å². The molecule has 0 saturated heterocycles. The molecule has 0 radical (unpaired) electrons. The molecule has 0 saturated carbocycles. The van der Waals surface area contributed by atoms with Gasteiger partial charge in [-0.15, -0.1) is 0 Å². The first kappa shape index (κ1) is 14.5. The summed E-state index contributed by atoms with van der Waals surface area (Å²) < 4.78 is 4.93. The number of esters is 1. The van der Waals surface area contributed by atoms with Crippen molar-refractivity contribution in [2.24, 2.45) is 0 Å². The van der Waals surface area contributed by atoms with Crippen molar-refractivity contribution in [1.29, 1.82) is 0 Å². The average Bonchev–Trinajstić information content (AvgIpc) is 2.34. The number of nitrogens with zero attached hydrogens (tertiary/aromatic N) is 2. The summed E-state index contributed by atoms with van der Waals surface area (Å²) in [6, 6.07) is 4.06. The molecule has 0 amide bonds. The van der Waals surface area contributed by atoms with Crippen LogP contribution in [0.25, 0.3) is 0 Å². The Balaban J connectivity index is 2.65. The first-order valence-electron chi connectivity index (χ1n) is 6.43. The lowest BCUT2D eigenvalue weighted by Crippen LogP contribution is -2.27. The second-order valence-corrected chi connectivity index (χ2v) is 4.21. The van der Waals surface area contributed by atoms with Gasteiger partial charge in [-0.25, -0.2) is 4.98 Å². The van der Waals surface area contributed by atoms with Gasteiger partial charge in [0.15, 0.2) is 0 Å². The molecule has 4 heteroatoms. The second kappa shape index (κ2) is 6.99. The normalized spacial score (nSPS) is 10.2. The van der Waals surface area contributed by atoms with Crippen molar-refractivity contribution in [3.8, 4) is 0 Å². The lowest BCUT2D eigenvalue weighted by atomic mass is 10.2. The molecule has 0 aliphatic rings. The zero-order valence-electron chi connectivity index (χ0n) is 11.7. The molecule has 1 aromatic rings. The molecule has 1 aromatic heterocycles. The number of aryl methyl sites for hydroxylation is 2. The number of hydrogen-bond acceptors (Lipinski definition) is 4. The van der Waals surface area contributed by atoms with E-state index >= 15 is 0 Å². The molecule has 0 N–H and O–H groups in total. The summed E-state index contributed by atoms with van der Waals surface area (Å²) in [6.07, 6.45) is 0.399. The minimum Gasteiger partial charge on any atom is -0.466 e. The van der Waals surface area contributed by atoms with Gasteiger partial charge < -0.3 is 9.64 Å². The van der Waals surface area contributed by atoms with Gasteiger partial charge in [-0.05, 0) is 39.3 Å². The number of rotatable bonds is 6. The molecule has 0 aromatic carbocycles. The van der Waals surface area contributed by atoms with E-state index in [4.69, 9.17) is 4.74 Å². The number of ether oxygens (including phenoxy) is 1. The van der Waals surface area contributed by atoms with Crippen LogP contribution in [0.15, 0.2) is 12.1 Å². The van der Waals surface area contributed by atoms with Crippen molar-refractivity contribution in [1.82, 2.24) is 4.98 Å². The van der Waals surface area contributed by atoms with Crippen LogP contribution in [-0.4, -0.2) is 30.6 Å². The molecule has 4 nitrogen and oxygen atoms in total. The van der Waals surface area contributed by atoms with Gasteiger partial charge in [-0.2, -0.15) is 0 Å². The zero-order valence-corrected chi connectivity index (χ0v) is 11.7. The van der Waals surface area contributed by atoms with Crippen LogP contribution in [0.2, 0.25) is 0 Å². The largest absolute Gasteiger partial charge is 0.466 e. The molecule has 0 aliphatic heterocycles. The van der Waals surface area contributed by atoms with Crippen LogP contribution in [0.1, 0.15) is 31.5 Å². The maximum atomic E-state index is 11.3. The summed E-state index contributed by atoms with van der Waals surface area (Å²) >= 11 is 0. The molecular formula is C14H22N2O2. The van der Waals surface area contributed by atoms with E-state index < -0.39 is 0 Å². The van der Waals surface area contributed by atoms with E-state index in [1.807, 2.05) is 26.8 Å². The monoisotopic (exact) mass is 250 g/mol. The Bertz CT molecular complexity index is 405. The highest BCUT2D eigenvalue weighted by atomic mass is 16.5. The van der Waals surface area contributed by atoms with E-state index in [1.165, 1.54) is 5.56 Å². The van der Waals surface area contributed by atoms with Crippen LogP contribution in [0.5, 0.6) is 0 Å². The third kappa shape index (κ3) is 4.02. The van der Waals surface area contributed by atoms with Crippen molar-refractivity contribution in [2.75, 3.05) is 24.6 Å². The van der Waals surface area contributed by atoms with Crippen LogP contribution in [0, 0.1) is 13.8 Å². The molecule has 100 valence electrons. The Hall–Kier alpha value is -1.58. The molecule has 18 heavy (non-hydrogen) atoms. The summed E-state index contributed by atoms with van der Waals surface area (Å²) in [5.74, 6) is 0.768. The summed E-state index contributed by atoms with van der Waals surface area (Å²) in [4.78, 5) is 18.0. The lowest BCUT2D eigenvalue weighted by Gasteiger charge is -2.22. The van der Waals surface area contributed by atoms with Crippen LogP contribution < -0.4 is 4.90 Å². The lowest BCUT2D eigenvalue weighted by molar-refractivity contribution is -0.142. The van der Waals surface area contributed by atoms with Crippen molar-refractivity contribution >= 4 is 11.8 Å². The van der Waals surface area contributed by atoms with E-state index in [0.717, 1.165) is 18.1 Å². The van der Waals surface area contributed by atoms with Gasteiger partial charge in [0.2, 0.25) is 0 Å². The number of anilines is 1. The van der Waals surface area contributed by atoms with Gasteiger partial charge in [-0.1, -0.05) is 6.07 Å². The molecular weight excluding hydrogens is 228 g/mol. The van der Waals surface area contributed by atoms with Crippen LogP contribution >= 0.6 is 0 Å². The Labute approximate surface area is 109 Å². The minimum absolute atomic E-state index is 0.153. The molecule has 1 heterocycles. The summed E-state index contributed by atoms with van der Waals surface area (Å²) in [6.45, 7) is 9.83. The van der Waals surface area contributed by atoms with Crippen LogP contribution in [-0.2, 0) is 9.53 Å². The average molecular weight is 250 g/mol. The Kier molecular flexibility index (Phi) is 5.62. The van der Waals surface area contributed by atoms with Crippen molar-refractivity contribution < 1.29 is 9.53 Å².